The molecule has 0 atom stereocenters. The quantitative estimate of drug-likeness (QED) is 0.799. The summed E-state index contributed by atoms with van der Waals surface area (Å²) in [4.78, 5) is 14.3. The number of aromatic nitrogens is 2. The van der Waals surface area contributed by atoms with Gasteiger partial charge in [-0.05, 0) is 31.4 Å². The Morgan fingerprint density at radius 3 is 2.71 bits per heavy atom. The minimum atomic E-state index is -0.134. The molecule has 21 heavy (non-hydrogen) atoms. The van der Waals surface area contributed by atoms with Crippen LogP contribution in [0.15, 0.2) is 12.1 Å². The van der Waals surface area contributed by atoms with Crippen LogP contribution in [0.4, 0.5) is 5.82 Å². The first kappa shape index (κ1) is 15.7. The first-order valence-corrected chi connectivity index (χ1v) is 7.75. The zero-order chi connectivity index (χ0) is 15.1. The van der Waals surface area contributed by atoms with Crippen LogP contribution in [0.3, 0.4) is 0 Å². The highest BCUT2D eigenvalue weighted by Crippen LogP contribution is 2.24. The van der Waals surface area contributed by atoms with Crippen LogP contribution in [0.25, 0.3) is 0 Å². The van der Waals surface area contributed by atoms with Crippen LogP contribution in [0.5, 0.6) is 0 Å². The molecule has 1 fully saturated rings. The number of aliphatic hydroxyl groups excluding tert-OH is 1. The minimum Gasteiger partial charge on any atom is -0.395 e. The molecule has 1 aliphatic rings. The lowest BCUT2D eigenvalue weighted by Crippen LogP contribution is -2.41. The molecular formula is C15H24N4O2. The van der Waals surface area contributed by atoms with Crippen molar-refractivity contribution in [2.45, 2.75) is 45.1 Å². The van der Waals surface area contributed by atoms with Crippen molar-refractivity contribution in [2.75, 3.05) is 25.0 Å². The van der Waals surface area contributed by atoms with Gasteiger partial charge in [-0.2, -0.15) is 0 Å². The first-order chi connectivity index (χ1) is 10.3. The van der Waals surface area contributed by atoms with Crippen molar-refractivity contribution in [1.29, 1.82) is 0 Å². The molecule has 1 heterocycles. The molecule has 0 bridgehead atoms. The minimum absolute atomic E-state index is 0.0220. The molecule has 2 rings (SSSR count). The monoisotopic (exact) mass is 292 g/mol. The predicted octanol–water partition coefficient (Wildman–Crippen LogP) is 1.68. The van der Waals surface area contributed by atoms with E-state index in [9.17, 15) is 9.90 Å². The van der Waals surface area contributed by atoms with E-state index >= 15 is 0 Å². The van der Waals surface area contributed by atoms with Crippen LogP contribution in [-0.4, -0.2) is 51.8 Å². The second-order valence-corrected chi connectivity index (χ2v) is 5.39. The predicted molar refractivity (Wildman–Crippen MR) is 81.2 cm³/mol. The van der Waals surface area contributed by atoms with E-state index in [1.165, 1.54) is 0 Å². The van der Waals surface area contributed by atoms with Gasteiger partial charge in [0, 0.05) is 19.1 Å². The van der Waals surface area contributed by atoms with E-state index in [1.54, 1.807) is 17.0 Å². The molecule has 0 spiro atoms. The van der Waals surface area contributed by atoms with Crippen LogP contribution in [0.1, 0.15) is 49.5 Å². The summed E-state index contributed by atoms with van der Waals surface area (Å²) in [5.41, 5.74) is 0.345. The third-order valence-electron chi connectivity index (χ3n) is 3.81. The topological polar surface area (TPSA) is 78.4 Å². The molecule has 1 aromatic rings. The maximum atomic E-state index is 12.5. The molecule has 6 heteroatoms. The van der Waals surface area contributed by atoms with Crippen molar-refractivity contribution < 1.29 is 9.90 Å². The van der Waals surface area contributed by atoms with Gasteiger partial charge < -0.3 is 15.3 Å². The number of rotatable bonds is 7. The normalized spacial score (nSPS) is 15.1. The fourth-order valence-corrected chi connectivity index (χ4v) is 2.71. The third-order valence-corrected chi connectivity index (χ3v) is 3.81. The van der Waals surface area contributed by atoms with E-state index in [0.29, 0.717) is 18.1 Å². The Morgan fingerprint density at radius 1 is 1.38 bits per heavy atom. The van der Waals surface area contributed by atoms with Crippen LogP contribution in [-0.2, 0) is 0 Å². The average molecular weight is 292 g/mol. The molecule has 6 nitrogen and oxygen atoms in total. The van der Waals surface area contributed by atoms with Gasteiger partial charge in [-0.15, -0.1) is 10.2 Å². The van der Waals surface area contributed by atoms with Gasteiger partial charge in [-0.25, -0.2) is 0 Å². The number of hydrogen-bond acceptors (Lipinski definition) is 5. The summed E-state index contributed by atoms with van der Waals surface area (Å²) in [5.74, 6) is 0.550. The molecule has 1 saturated carbocycles. The highest BCUT2D eigenvalue weighted by Gasteiger charge is 2.27. The largest absolute Gasteiger partial charge is 0.395 e. The molecular weight excluding hydrogens is 268 g/mol. The lowest BCUT2D eigenvalue weighted by atomic mass is 10.2. The standard InChI is InChI=1S/C15H24N4O2/c1-2-9-16-14-8-7-13(17-18-14)15(21)19(10-11-20)12-5-3-4-6-12/h7-8,12,20H,2-6,9-11H2,1H3,(H,16,18). The summed E-state index contributed by atoms with van der Waals surface area (Å²) in [5, 5.41) is 20.4. The van der Waals surface area contributed by atoms with Crippen LogP contribution >= 0.6 is 0 Å². The number of nitrogens with one attached hydrogen (secondary N) is 1. The van der Waals surface area contributed by atoms with E-state index in [2.05, 4.69) is 22.4 Å². The number of carbonyl (C=O) groups is 1. The van der Waals surface area contributed by atoms with Gasteiger partial charge in [-0.1, -0.05) is 19.8 Å². The molecule has 1 amide bonds. The van der Waals surface area contributed by atoms with E-state index < -0.39 is 0 Å². The van der Waals surface area contributed by atoms with Gasteiger partial charge in [0.05, 0.1) is 6.61 Å². The molecule has 0 saturated heterocycles. The Kier molecular flexibility index (Phi) is 5.92. The van der Waals surface area contributed by atoms with Crippen molar-refractivity contribution in [2.24, 2.45) is 0 Å². The number of nitrogens with zero attached hydrogens (tertiary/aromatic N) is 3. The number of anilines is 1. The Hall–Kier alpha value is -1.69. The SMILES string of the molecule is CCCNc1ccc(C(=O)N(CCO)C2CCCC2)nn1. The number of hydrogen-bond donors (Lipinski definition) is 2. The lowest BCUT2D eigenvalue weighted by molar-refractivity contribution is 0.0631. The Bertz CT molecular complexity index is 443. The Morgan fingerprint density at radius 2 is 2.14 bits per heavy atom. The van der Waals surface area contributed by atoms with Crippen LogP contribution in [0.2, 0.25) is 0 Å². The van der Waals surface area contributed by atoms with Gasteiger partial charge in [0.2, 0.25) is 0 Å². The van der Waals surface area contributed by atoms with Crippen LogP contribution < -0.4 is 5.32 Å². The van der Waals surface area contributed by atoms with E-state index in [4.69, 9.17) is 0 Å². The molecule has 0 unspecified atom stereocenters. The Labute approximate surface area is 125 Å². The van der Waals surface area contributed by atoms with Gasteiger partial charge >= 0.3 is 0 Å². The van der Waals surface area contributed by atoms with Crippen molar-refractivity contribution >= 4 is 11.7 Å². The van der Waals surface area contributed by atoms with Crippen molar-refractivity contribution in [3.8, 4) is 0 Å². The smallest absolute Gasteiger partial charge is 0.274 e. The highest BCUT2D eigenvalue weighted by molar-refractivity contribution is 5.92. The van der Waals surface area contributed by atoms with Crippen molar-refractivity contribution in [1.82, 2.24) is 15.1 Å². The summed E-state index contributed by atoms with van der Waals surface area (Å²) in [6.07, 6.45) is 5.32. The summed E-state index contributed by atoms with van der Waals surface area (Å²) in [7, 11) is 0. The van der Waals surface area contributed by atoms with Crippen molar-refractivity contribution in [3.05, 3.63) is 17.8 Å². The summed E-state index contributed by atoms with van der Waals surface area (Å²) in [6, 6.07) is 3.71. The summed E-state index contributed by atoms with van der Waals surface area (Å²) < 4.78 is 0. The highest BCUT2D eigenvalue weighted by atomic mass is 16.3. The Balaban J connectivity index is 2.05. The third kappa shape index (κ3) is 4.14. The molecule has 116 valence electrons. The number of amides is 1. The van der Waals surface area contributed by atoms with Crippen molar-refractivity contribution in [3.63, 3.8) is 0 Å². The fraction of sp³-hybridized carbons (Fsp3) is 0.667. The molecule has 1 aliphatic carbocycles. The van der Waals surface area contributed by atoms with E-state index in [1.807, 2.05) is 0 Å². The summed E-state index contributed by atoms with van der Waals surface area (Å²) in [6.45, 7) is 3.25. The lowest BCUT2D eigenvalue weighted by Gasteiger charge is -2.27. The molecule has 1 aromatic heterocycles. The van der Waals surface area contributed by atoms with E-state index in [0.717, 1.165) is 38.6 Å². The zero-order valence-electron chi connectivity index (χ0n) is 12.6. The van der Waals surface area contributed by atoms with Gasteiger partial charge in [0.15, 0.2) is 5.69 Å². The molecule has 2 N–H and O–H groups in total. The second-order valence-electron chi connectivity index (χ2n) is 5.39. The van der Waals surface area contributed by atoms with E-state index in [-0.39, 0.29) is 18.6 Å². The average Bonchev–Trinajstić information content (AvgIpc) is 3.04. The fourth-order valence-electron chi connectivity index (χ4n) is 2.71. The molecule has 0 aliphatic heterocycles. The maximum Gasteiger partial charge on any atom is 0.274 e. The molecule has 0 aromatic carbocycles. The number of aliphatic hydroxyl groups is 1. The van der Waals surface area contributed by atoms with Gasteiger partial charge in [-0.3, -0.25) is 4.79 Å². The second kappa shape index (κ2) is 7.93. The van der Waals surface area contributed by atoms with Gasteiger partial charge in [0.25, 0.3) is 5.91 Å². The molecule has 0 radical (unpaired) electrons. The zero-order valence-corrected chi connectivity index (χ0v) is 12.6. The van der Waals surface area contributed by atoms with Gasteiger partial charge in [0.1, 0.15) is 5.82 Å². The first-order valence-electron chi connectivity index (χ1n) is 7.75. The number of carbonyl (C=O) groups excluding carboxylic acids is 1. The van der Waals surface area contributed by atoms with Crippen LogP contribution in [0, 0.1) is 0 Å². The maximum absolute atomic E-state index is 12.5. The summed E-state index contributed by atoms with van der Waals surface area (Å²) >= 11 is 0.